The molecule has 59 heavy (non-hydrogen) atoms. The van der Waals surface area contributed by atoms with E-state index in [4.69, 9.17) is 4.99 Å². The van der Waals surface area contributed by atoms with Gasteiger partial charge in [0.2, 0.25) is 0 Å². The SMILES string of the molecule is CN1C(c2ccccc2)=NC(c2cc(-c3ccc4cc(C5C=Cc6ccccc6N5)ccc4c3)cc(C3C=C4C=CCCC4=C4C=CCCC43)c2)NC1c1ccccc1. The Morgan fingerprint density at radius 1 is 0.627 bits per heavy atom. The van der Waals surface area contributed by atoms with Gasteiger partial charge >= 0.3 is 0 Å². The molecule has 6 aromatic carbocycles. The number of para-hydroxylation sites is 1. The standard InChI is InChI=1S/C55H48N4/c1-59-54(37-15-4-2-5-16-37)57-53(58-55(59)38-17-6-3-7-18-38)46-33-44(32-45(34-46)50-35-42-19-8-10-20-47(42)48-21-11-12-22-49(48)50)41-25-24-40-31-43(27-26-39(40)30-41)52-29-28-36-14-9-13-23-51(36)56-52/h2-9,11,13-19,21,23-35,49-50,52-54,56-57H,10,12,20,22H2,1H3. The van der Waals surface area contributed by atoms with Crippen LogP contribution in [0.15, 0.2) is 198 Å². The molecule has 0 aromatic heterocycles. The third-order valence-corrected chi connectivity index (χ3v) is 13.1. The van der Waals surface area contributed by atoms with Crippen LogP contribution in [-0.2, 0) is 0 Å². The molecule has 0 radical (unpaired) electrons. The maximum absolute atomic E-state index is 5.54. The molecule has 2 aliphatic heterocycles. The Balaban J connectivity index is 1.03. The molecule has 2 N–H and O–H groups in total. The second-order valence-electron chi connectivity index (χ2n) is 16.7. The van der Waals surface area contributed by atoms with E-state index >= 15 is 0 Å². The summed E-state index contributed by atoms with van der Waals surface area (Å²) < 4.78 is 0. The van der Waals surface area contributed by atoms with Crippen molar-refractivity contribution in [2.75, 3.05) is 12.4 Å². The van der Waals surface area contributed by atoms with Crippen LogP contribution in [0.25, 0.3) is 28.0 Å². The Labute approximate surface area is 347 Å². The van der Waals surface area contributed by atoms with Gasteiger partial charge in [-0.3, -0.25) is 5.32 Å². The van der Waals surface area contributed by atoms with Crippen molar-refractivity contribution in [3.05, 3.63) is 226 Å². The number of nitrogens with zero attached hydrogens (tertiary/aromatic N) is 2. The molecule has 2 heterocycles. The van der Waals surface area contributed by atoms with Crippen molar-refractivity contribution in [3.63, 3.8) is 0 Å². The van der Waals surface area contributed by atoms with Gasteiger partial charge in [-0.2, -0.15) is 0 Å². The summed E-state index contributed by atoms with van der Waals surface area (Å²) in [4.78, 5) is 7.82. The summed E-state index contributed by atoms with van der Waals surface area (Å²) in [5.41, 5.74) is 15.5. The zero-order valence-corrected chi connectivity index (χ0v) is 33.4. The number of rotatable bonds is 6. The van der Waals surface area contributed by atoms with Gasteiger partial charge in [0.1, 0.15) is 18.2 Å². The molecule has 0 saturated heterocycles. The number of amidine groups is 1. The zero-order chi connectivity index (χ0) is 39.3. The fraction of sp³-hybridized carbons (Fsp3) is 0.182. The number of fused-ring (bicyclic) bond motifs is 4. The molecule has 0 spiro atoms. The van der Waals surface area contributed by atoms with Crippen LogP contribution < -0.4 is 10.6 Å². The van der Waals surface area contributed by atoms with Crippen LogP contribution in [0.3, 0.4) is 0 Å². The van der Waals surface area contributed by atoms with Crippen LogP contribution in [0.1, 0.15) is 83.4 Å². The second kappa shape index (κ2) is 15.0. The number of nitrogens with one attached hydrogen (secondary N) is 2. The number of hydrogen-bond acceptors (Lipinski definition) is 4. The minimum atomic E-state index is -0.253. The minimum absolute atomic E-state index is 0.0531. The third kappa shape index (κ3) is 6.68. The normalized spacial score (nSPS) is 23.2. The first-order valence-corrected chi connectivity index (χ1v) is 21.3. The molecular weight excluding hydrogens is 717 g/mol. The van der Waals surface area contributed by atoms with Crippen molar-refractivity contribution in [1.82, 2.24) is 10.2 Å². The Bertz CT molecular complexity index is 2770. The van der Waals surface area contributed by atoms with E-state index < -0.39 is 0 Å². The maximum Gasteiger partial charge on any atom is 0.134 e. The van der Waals surface area contributed by atoms with Gasteiger partial charge in [0.05, 0.1) is 6.04 Å². The number of anilines is 1. The van der Waals surface area contributed by atoms with E-state index in [-0.39, 0.29) is 24.3 Å². The summed E-state index contributed by atoms with van der Waals surface area (Å²) in [6.45, 7) is 0. The van der Waals surface area contributed by atoms with Gasteiger partial charge in [-0.15, -0.1) is 0 Å². The third-order valence-electron chi connectivity index (χ3n) is 13.1. The van der Waals surface area contributed by atoms with Crippen LogP contribution in [0, 0.1) is 5.92 Å². The Morgan fingerprint density at radius 2 is 1.41 bits per heavy atom. The fourth-order valence-corrected chi connectivity index (χ4v) is 10.1. The van der Waals surface area contributed by atoms with Gasteiger partial charge in [0, 0.05) is 24.2 Å². The maximum atomic E-state index is 5.54. The van der Waals surface area contributed by atoms with E-state index in [1.807, 2.05) is 0 Å². The molecule has 0 amide bonds. The van der Waals surface area contributed by atoms with Crippen LogP contribution >= 0.6 is 0 Å². The van der Waals surface area contributed by atoms with Crippen molar-refractivity contribution in [3.8, 4) is 11.1 Å². The predicted octanol–water partition coefficient (Wildman–Crippen LogP) is 13.0. The Kier molecular flexibility index (Phi) is 9.08. The summed E-state index contributed by atoms with van der Waals surface area (Å²) in [7, 11) is 2.16. The quantitative estimate of drug-likeness (QED) is 0.177. The van der Waals surface area contributed by atoms with Gasteiger partial charge in [0.15, 0.2) is 0 Å². The Hall–Kier alpha value is -6.49. The summed E-state index contributed by atoms with van der Waals surface area (Å²) in [5, 5.41) is 10.2. The molecule has 0 saturated carbocycles. The number of allylic oxidation sites excluding steroid dienone is 8. The topological polar surface area (TPSA) is 39.7 Å². The summed E-state index contributed by atoms with van der Waals surface area (Å²) >= 11 is 0. The zero-order valence-electron chi connectivity index (χ0n) is 33.4. The van der Waals surface area contributed by atoms with Crippen LogP contribution in [0.5, 0.6) is 0 Å². The molecule has 5 atom stereocenters. The largest absolute Gasteiger partial charge is 0.374 e. The van der Waals surface area contributed by atoms with E-state index in [0.29, 0.717) is 5.92 Å². The van der Waals surface area contributed by atoms with Gasteiger partial charge in [0.25, 0.3) is 0 Å². The molecule has 6 aromatic rings. The molecule has 0 fully saturated rings. The average Bonchev–Trinajstić information content (AvgIpc) is 3.31. The number of aliphatic imine (C=N–C) groups is 1. The molecule has 11 rings (SSSR count). The monoisotopic (exact) mass is 764 g/mol. The lowest BCUT2D eigenvalue weighted by molar-refractivity contribution is 0.257. The van der Waals surface area contributed by atoms with E-state index in [1.165, 1.54) is 67.4 Å². The average molecular weight is 765 g/mol. The van der Waals surface area contributed by atoms with E-state index in [2.05, 4.69) is 205 Å². The molecule has 0 bridgehead atoms. The minimum Gasteiger partial charge on any atom is -0.374 e. The molecule has 5 aliphatic rings. The van der Waals surface area contributed by atoms with Crippen LogP contribution in [0.4, 0.5) is 5.69 Å². The first-order valence-electron chi connectivity index (χ1n) is 21.3. The molecule has 288 valence electrons. The van der Waals surface area contributed by atoms with Gasteiger partial charge in [-0.25, -0.2) is 4.99 Å². The summed E-state index contributed by atoms with van der Waals surface area (Å²) in [6.07, 6.45) is 20.9. The predicted molar refractivity (Wildman–Crippen MR) is 245 cm³/mol. The molecular formula is C55H48N4. The van der Waals surface area contributed by atoms with Crippen molar-refractivity contribution >= 4 is 28.4 Å². The highest BCUT2D eigenvalue weighted by atomic mass is 15.4. The lowest BCUT2D eigenvalue weighted by atomic mass is 9.68. The van der Waals surface area contributed by atoms with Gasteiger partial charge in [-0.05, 0) is 122 Å². The van der Waals surface area contributed by atoms with Gasteiger partial charge in [-0.1, -0.05) is 158 Å². The highest BCUT2D eigenvalue weighted by Gasteiger charge is 2.35. The second-order valence-corrected chi connectivity index (χ2v) is 16.7. The first-order chi connectivity index (χ1) is 29.1. The van der Waals surface area contributed by atoms with Crippen molar-refractivity contribution < 1.29 is 0 Å². The van der Waals surface area contributed by atoms with E-state index in [1.54, 1.807) is 11.1 Å². The fourth-order valence-electron chi connectivity index (χ4n) is 10.1. The van der Waals surface area contributed by atoms with Crippen LogP contribution in [-0.4, -0.2) is 17.8 Å². The van der Waals surface area contributed by atoms with Crippen molar-refractivity contribution in [1.29, 1.82) is 0 Å². The molecule has 4 nitrogen and oxygen atoms in total. The van der Waals surface area contributed by atoms with E-state index in [9.17, 15) is 0 Å². The molecule has 5 unspecified atom stereocenters. The summed E-state index contributed by atoms with van der Waals surface area (Å²) in [5.74, 6) is 1.72. The number of hydrogen-bond donors (Lipinski definition) is 2. The number of benzene rings is 6. The molecule has 3 aliphatic carbocycles. The lowest BCUT2D eigenvalue weighted by Crippen LogP contribution is -2.46. The van der Waals surface area contributed by atoms with Crippen molar-refractivity contribution in [2.24, 2.45) is 10.9 Å². The van der Waals surface area contributed by atoms with E-state index in [0.717, 1.165) is 30.7 Å². The Morgan fingerprint density at radius 3 is 2.31 bits per heavy atom. The summed E-state index contributed by atoms with van der Waals surface area (Å²) in [6, 6.07) is 51.3. The van der Waals surface area contributed by atoms with Gasteiger partial charge < -0.3 is 10.2 Å². The highest BCUT2D eigenvalue weighted by Crippen LogP contribution is 2.48. The van der Waals surface area contributed by atoms with Crippen molar-refractivity contribution in [2.45, 2.75) is 50.0 Å². The smallest absolute Gasteiger partial charge is 0.134 e. The molecule has 4 heteroatoms. The first kappa shape index (κ1) is 35.7. The highest BCUT2D eigenvalue weighted by molar-refractivity contribution is 5.99. The lowest BCUT2D eigenvalue weighted by Gasteiger charge is -2.40. The van der Waals surface area contributed by atoms with Crippen LogP contribution in [0.2, 0.25) is 0 Å².